The van der Waals surface area contributed by atoms with Crippen molar-refractivity contribution in [3.8, 4) is 6.07 Å². The van der Waals surface area contributed by atoms with Crippen LogP contribution in [0.2, 0.25) is 0 Å². The van der Waals surface area contributed by atoms with Crippen LogP contribution in [-0.4, -0.2) is 9.78 Å². The van der Waals surface area contributed by atoms with Crippen LogP contribution in [0.4, 0.5) is 5.82 Å². The molecule has 1 aromatic heterocycles. The molecule has 0 aliphatic heterocycles. The van der Waals surface area contributed by atoms with Gasteiger partial charge in [0.1, 0.15) is 5.82 Å². The highest BCUT2D eigenvalue weighted by Crippen LogP contribution is 2.26. The van der Waals surface area contributed by atoms with Crippen LogP contribution < -0.4 is 5.73 Å². The smallest absolute Gasteiger partial charge is 0.125 e. The summed E-state index contributed by atoms with van der Waals surface area (Å²) in [5, 5.41) is 12.8. The number of hydrogen-bond acceptors (Lipinski definition) is 3. The van der Waals surface area contributed by atoms with Gasteiger partial charge in [-0.05, 0) is 19.3 Å². The molecule has 4 nitrogen and oxygen atoms in total. The number of fused-ring (bicyclic) bond motifs is 1. The fourth-order valence-electron chi connectivity index (χ4n) is 1.80. The Hall–Kier alpha value is -1.50. The first-order valence-corrected chi connectivity index (χ1v) is 4.54. The van der Waals surface area contributed by atoms with Gasteiger partial charge in [-0.15, -0.1) is 0 Å². The molecule has 0 radical (unpaired) electrons. The fourth-order valence-corrected chi connectivity index (χ4v) is 1.80. The van der Waals surface area contributed by atoms with E-state index in [0.29, 0.717) is 13.0 Å². The van der Waals surface area contributed by atoms with Gasteiger partial charge in [-0.2, -0.15) is 10.4 Å². The zero-order valence-corrected chi connectivity index (χ0v) is 7.45. The molecule has 0 spiro atoms. The maximum atomic E-state index is 8.43. The number of hydrogen-bond donors (Lipinski definition) is 1. The van der Waals surface area contributed by atoms with Crippen LogP contribution >= 0.6 is 0 Å². The van der Waals surface area contributed by atoms with Gasteiger partial charge in [-0.25, -0.2) is 4.68 Å². The van der Waals surface area contributed by atoms with Crippen LogP contribution in [0.1, 0.15) is 24.1 Å². The molecule has 0 fully saturated rings. The van der Waals surface area contributed by atoms with Gasteiger partial charge in [0.15, 0.2) is 0 Å². The van der Waals surface area contributed by atoms with E-state index >= 15 is 0 Å². The zero-order valence-electron chi connectivity index (χ0n) is 7.45. The molecule has 0 unspecified atom stereocenters. The lowest BCUT2D eigenvalue weighted by atomic mass is 10.2. The maximum Gasteiger partial charge on any atom is 0.125 e. The summed E-state index contributed by atoms with van der Waals surface area (Å²) in [5.41, 5.74) is 8.23. The number of aryl methyl sites for hydroxylation is 2. The van der Waals surface area contributed by atoms with E-state index in [2.05, 4.69) is 11.2 Å². The van der Waals surface area contributed by atoms with Crippen LogP contribution in [0, 0.1) is 11.3 Å². The van der Waals surface area contributed by atoms with Gasteiger partial charge >= 0.3 is 0 Å². The Kier molecular flexibility index (Phi) is 1.93. The molecule has 13 heavy (non-hydrogen) atoms. The van der Waals surface area contributed by atoms with Crippen LogP contribution in [0.5, 0.6) is 0 Å². The van der Waals surface area contributed by atoms with Crippen molar-refractivity contribution in [2.75, 3.05) is 5.73 Å². The van der Waals surface area contributed by atoms with Crippen molar-refractivity contribution in [1.82, 2.24) is 9.78 Å². The lowest BCUT2D eigenvalue weighted by Crippen LogP contribution is -2.05. The highest BCUT2D eigenvalue weighted by Gasteiger charge is 2.19. The fraction of sp³-hybridized carbons (Fsp3) is 0.556. The molecule has 2 rings (SSSR count). The second-order valence-corrected chi connectivity index (χ2v) is 3.30. The molecule has 2 N–H and O–H groups in total. The number of nitriles is 1. The third kappa shape index (κ3) is 1.26. The Morgan fingerprint density at radius 2 is 2.38 bits per heavy atom. The van der Waals surface area contributed by atoms with E-state index in [1.54, 1.807) is 4.68 Å². The molecule has 0 bridgehead atoms. The summed E-state index contributed by atoms with van der Waals surface area (Å²) < 4.78 is 1.76. The molecule has 4 heteroatoms. The minimum absolute atomic E-state index is 0.477. The van der Waals surface area contributed by atoms with Crippen LogP contribution in [0.15, 0.2) is 0 Å². The quantitative estimate of drug-likeness (QED) is 0.726. The Morgan fingerprint density at radius 3 is 3.08 bits per heavy atom. The predicted molar refractivity (Wildman–Crippen MR) is 48.9 cm³/mol. The molecule has 0 saturated carbocycles. The van der Waals surface area contributed by atoms with Gasteiger partial charge in [-0.1, -0.05) is 0 Å². The summed E-state index contributed by atoms with van der Waals surface area (Å²) in [6, 6.07) is 2.09. The Balaban J connectivity index is 2.24. The third-order valence-electron chi connectivity index (χ3n) is 2.45. The molecular formula is C9H12N4. The zero-order chi connectivity index (χ0) is 9.26. The molecule has 68 valence electrons. The first-order valence-electron chi connectivity index (χ1n) is 4.54. The SMILES string of the molecule is N#CCCn1nc2c(c1N)CCC2. The molecule has 0 amide bonds. The summed E-state index contributed by atoms with van der Waals surface area (Å²) in [5.74, 6) is 0.766. The highest BCUT2D eigenvalue weighted by atomic mass is 15.3. The van der Waals surface area contributed by atoms with Crippen LogP contribution in [0.3, 0.4) is 0 Å². The molecule has 1 heterocycles. The first kappa shape index (κ1) is 8.11. The number of nitrogens with zero attached hydrogens (tertiary/aromatic N) is 3. The number of nitrogen functional groups attached to an aromatic ring is 1. The highest BCUT2D eigenvalue weighted by molar-refractivity contribution is 5.45. The summed E-state index contributed by atoms with van der Waals surface area (Å²) in [6.45, 7) is 0.620. The average Bonchev–Trinajstić information content (AvgIpc) is 2.67. The van der Waals surface area contributed by atoms with Crippen molar-refractivity contribution >= 4 is 5.82 Å². The minimum Gasteiger partial charge on any atom is -0.384 e. The van der Waals surface area contributed by atoms with Crippen LogP contribution in [0.25, 0.3) is 0 Å². The van der Waals surface area contributed by atoms with Crippen molar-refractivity contribution in [3.63, 3.8) is 0 Å². The summed E-state index contributed by atoms with van der Waals surface area (Å²) in [6.07, 6.45) is 3.73. The number of anilines is 1. The maximum absolute atomic E-state index is 8.43. The van der Waals surface area contributed by atoms with E-state index in [-0.39, 0.29) is 0 Å². The standard InChI is InChI=1S/C9H12N4/c10-5-2-6-13-9(11)7-3-1-4-8(7)12-13/h1-4,6,11H2. The lowest BCUT2D eigenvalue weighted by molar-refractivity contribution is 0.621. The summed E-state index contributed by atoms with van der Waals surface area (Å²) in [4.78, 5) is 0. The van der Waals surface area contributed by atoms with Crippen molar-refractivity contribution in [2.24, 2.45) is 0 Å². The van der Waals surface area contributed by atoms with Crippen LogP contribution in [-0.2, 0) is 19.4 Å². The second kappa shape index (κ2) is 3.09. The van der Waals surface area contributed by atoms with Gasteiger partial charge in [0, 0.05) is 5.56 Å². The molecule has 1 aliphatic rings. The van der Waals surface area contributed by atoms with E-state index in [9.17, 15) is 0 Å². The number of rotatable bonds is 2. The van der Waals surface area contributed by atoms with E-state index in [4.69, 9.17) is 11.0 Å². The Bertz CT molecular complexity index is 358. The number of nitrogens with two attached hydrogens (primary N) is 1. The van der Waals surface area contributed by atoms with E-state index in [0.717, 1.165) is 24.4 Å². The third-order valence-corrected chi connectivity index (χ3v) is 2.45. The van der Waals surface area contributed by atoms with Gasteiger partial charge in [0.05, 0.1) is 24.7 Å². The van der Waals surface area contributed by atoms with Crippen molar-refractivity contribution in [3.05, 3.63) is 11.3 Å². The molecule has 0 atom stereocenters. The van der Waals surface area contributed by atoms with Crippen molar-refractivity contribution < 1.29 is 0 Å². The lowest BCUT2D eigenvalue weighted by Gasteiger charge is -2.01. The van der Waals surface area contributed by atoms with Crippen molar-refractivity contribution in [1.29, 1.82) is 5.26 Å². The second-order valence-electron chi connectivity index (χ2n) is 3.30. The molecule has 0 aromatic carbocycles. The van der Waals surface area contributed by atoms with Gasteiger partial charge in [0.25, 0.3) is 0 Å². The monoisotopic (exact) mass is 176 g/mol. The average molecular weight is 176 g/mol. The molecular weight excluding hydrogens is 164 g/mol. The Morgan fingerprint density at radius 1 is 1.54 bits per heavy atom. The molecule has 1 aliphatic carbocycles. The number of aromatic nitrogens is 2. The van der Waals surface area contributed by atoms with E-state index in [1.165, 1.54) is 12.0 Å². The Labute approximate surface area is 77.0 Å². The predicted octanol–water partition coefficient (Wildman–Crippen LogP) is 0.868. The van der Waals surface area contributed by atoms with Gasteiger partial charge in [-0.3, -0.25) is 0 Å². The van der Waals surface area contributed by atoms with E-state index < -0.39 is 0 Å². The van der Waals surface area contributed by atoms with Gasteiger partial charge < -0.3 is 5.73 Å². The molecule has 0 saturated heterocycles. The van der Waals surface area contributed by atoms with Crippen molar-refractivity contribution in [2.45, 2.75) is 32.2 Å². The van der Waals surface area contributed by atoms with Gasteiger partial charge in [0.2, 0.25) is 0 Å². The largest absolute Gasteiger partial charge is 0.384 e. The van der Waals surface area contributed by atoms with E-state index in [1.807, 2.05) is 0 Å². The topological polar surface area (TPSA) is 67.6 Å². The summed E-state index contributed by atoms with van der Waals surface area (Å²) in [7, 11) is 0. The normalized spacial score (nSPS) is 14.1. The molecule has 1 aromatic rings. The first-order chi connectivity index (χ1) is 6.33. The summed E-state index contributed by atoms with van der Waals surface area (Å²) >= 11 is 0. The minimum atomic E-state index is 0.477.